The largest absolute Gasteiger partial charge is 0.354 e. The van der Waals surface area contributed by atoms with Crippen molar-refractivity contribution in [3.8, 4) is 11.4 Å². The molecule has 0 bridgehead atoms. The van der Waals surface area contributed by atoms with Crippen LogP contribution in [-0.2, 0) is 0 Å². The molecular weight excluding hydrogens is 355 g/mol. The minimum absolute atomic E-state index is 0.262. The number of hydrogen-bond donors (Lipinski definition) is 2. The quantitative estimate of drug-likeness (QED) is 0.718. The van der Waals surface area contributed by atoms with Gasteiger partial charge in [-0.3, -0.25) is 5.10 Å². The van der Waals surface area contributed by atoms with E-state index in [4.69, 9.17) is 5.73 Å². The summed E-state index contributed by atoms with van der Waals surface area (Å²) in [5.41, 5.74) is 7.61. The topological polar surface area (TPSA) is 83.7 Å². The van der Waals surface area contributed by atoms with Gasteiger partial charge in [0.2, 0.25) is 0 Å². The molecule has 2 atom stereocenters. The molecule has 1 fully saturated rings. The van der Waals surface area contributed by atoms with Crippen LogP contribution in [0.25, 0.3) is 22.4 Å². The first kappa shape index (κ1) is 18.8. The number of anilines is 1. The van der Waals surface area contributed by atoms with Crippen molar-refractivity contribution in [2.45, 2.75) is 39.2 Å². The molecule has 3 aromatic rings. The fraction of sp³-hybridized carbons (Fsp3) is 0.476. The number of piperidine rings is 1. The van der Waals surface area contributed by atoms with Crippen LogP contribution in [0.3, 0.4) is 0 Å². The van der Waals surface area contributed by atoms with Gasteiger partial charge in [-0.1, -0.05) is 13.8 Å². The summed E-state index contributed by atoms with van der Waals surface area (Å²) in [4.78, 5) is 11.1. The zero-order chi connectivity index (χ0) is 19.9. The molecule has 0 radical (unpaired) electrons. The Hall–Kier alpha value is -2.54. The molecule has 0 unspecified atom stereocenters. The highest BCUT2D eigenvalue weighted by molar-refractivity contribution is 5.89. The molecule has 4 heterocycles. The van der Waals surface area contributed by atoms with Gasteiger partial charge in [-0.05, 0) is 55.9 Å². The van der Waals surface area contributed by atoms with Crippen molar-refractivity contribution in [1.82, 2.24) is 20.2 Å². The Morgan fingerprint density at radius 2 is 2.18 bits per heavy atom. The number of aromatic amines is 1. The number of pyridine rings is 2. The highest BCUT2D eigenvalue weighted by Crippen LogP contribution is 2.33. The molecule has 0 aliphatic carbocycles. The van der Waals surface area contributed by atoms with E-state index >= 15 is 0 Å². The fourth-order valence-corrected chi connectivity index (χ4v) is 4.41. The second-order valence-electron chi connectivity index (χ2n) is 8.71. The first-order valence-electron chi connectivity index (χ1n) is 9.82. The summed E-state index contributed by atoms with van der Waals surface area (Å²) in [5.74, 6) is 1.47. The lowest BCUT2D eigenvalue weighted by atomic mass is 9.81. The average Bonchev–Trinajstić information content (AvgIpc) is 3.04. The van der Waals surface area contributed by atoms with Crippen LogP contribution < -0.4 is 10.6 Å². The Morgan fingerprint density at radius 1 is 1.36 bits per heavy atom. The Balaban J connectivity index is 1.70. The number of fused-ring (bicyclic) bond motifs is 1. The van der Waals surface area contributed by atoms with Crippen LogP contribution in [0, 0.1) is 17.7 Å². The summed E-state index contributed by atoms with van der Waals surface area (Å²) in [6.45, 7) is 8.14. The molecule has 148 valence electrons. The standard InChI is InChI=1S/C21H27FN6/c1-13(2)9-14-10-21(3,23)12-28(11-14)17-7-6-16(22)19(25-17)18-15-5-4-8-24-20(15)27-26-18/h4-8,13-14H,9-12,23H2,1-3H3,(H,24,26,27)/t14-,21+/m1/s1. The lowest BCUT2D eigenvalue weighted by Gasteiger charge is -2.43. The van der Waals surface area contributed by atoms with Gasteiger partial charge in [0.25, 0.3) is 0 Å². The van der Waals surface area contributed by atoms with Crippen molar-refractivity contribution >= 4 is 16.9 Å². The van der Waals surface area contributed by atoms with Crippen molar-refractivity contribution in [1.29, 1.82) is 0 Å². The predicted octanol–water partition coefficient (Wildman–Crippen LogP) is 3.75. The normalized spacial score (nSPS) is 22.9. The van der Waals surface area contributed by atoms with Gasteiger partial charge in [-0.25, -0.2) is 14.4 Å². The van der Waals surface area contributed by atoms with Crippen LogP contribution in [0.4, 0.5) is 10.2 Å². The number of nitrogens with two attached hydrogens (primary N) is 1. The second-order valence-corrected chi connectivity index (χ2v) is 8.71. The molecule has 0 spiro atoms. The third kappa shape index (κ3) is 3.71. The van der Waals surface area contributed by atoms with E-state index < -0.39 is 0 Å². The highest BCUT2D eigenvalue weighted by atomic mass is 19.1. The third-order valence-electron chi connectivity index (χ3n) is 5.31. The molecule has 7 heteroatoms. The van der Waals surface area contributed by atoms with Gasteiger partial charge in [0.05, 0.1) is 5.69 Å². The Bertz CT molecular complexity index is 980. The third-order valence-corrected chi connectivity index (χ3v) is 5.31. The Kier molecular flexibility index (Phi) is 4.79. The summed E-state index contributed by atoms with van der Waals surface area (Å²) < 4.78 is 14.7. The molecule has 1 aliphatic rings. The van der Waals surface area contributed by atoms with E-state index in [1.165, 1.54) is 6.07 Å². The van der Waals surface area contributed by atoms with Gasteiger partial charge in [-0.2, -0.15) is 5.10 Å². The van der Waals surface area contributed by atoms with Gasteiger partial charge in [0, 0.05) is 30.2 Å². The molecule has 3 N–H and O–H groups in total. The van der Waals surface area contributed by atoms with E-state index in [1.54, 1.807) is 12.3 Å². The van der Waals surface area contributed by atoms with Crippen molar-refractivity contribution in [2.24, 2.45) is 17.6 Å². The lowest BCUT2D eigenvalue weighted by molar-refractivity contribution is 0.258. The van der Waals surface area contributed by atoms with E-state index in [-0.39, 0.29) is 17.1 Å². The number of rotatable bonds is 4. The predicted molar refractivity (Wildman–Crippen MR) is 109 cm³/mol. The second kappa shape index (κ2) is 7.13. The smallest absolute Gasteiger partial charge is 0.181 e. The summed E-state index contributed by atoms with van der Waals surface area (Å²) in [6, 6.07) is 6.89. The van der Waals surface area contributed by atoms with E-state index in [1.807, 2.05) is 12.1 Å². The molecule has 1 aliphatic heterocycles. The number of nitrogens with zero attached hydrogens (tertiary/aromatic N) is 4. The monoisotopic (exact) mass is 382 g/mol. The number of hydrogen-bond acceptors (Lipinski definition) is 5. The Morgan fingerprint density at radius 3 is 2.96 bits per heavy atom. The van der Waals surface area contributed by atoms with E-state index in [2.05, 4.69) is 45.8 Å². The maximum Gasteiger partial charge on any atom is 0.181 e. The summed E-state index contributed by atoms with van der Waals surface area (Å²) in [5, 5.41) is 7.82. The van der Waals surface area contributed by atoms with E-state index in [0.29, 0.717) is 29.7 Å². The molecule has 1 saturated heterocycles. The maximum atomic E-state index is 14.7. The van der Waals surface area contributed by atoms with Crippen molar-refractivity contribution < 1.29 is 4.39 Å². The molecular formula is C21H27FN6. The van der Waals surface area contributed by atoms with E-state index in [9.17, 15) is 4.39 Å². The minimum Gasteiger partial charge on any atom is -0.354 e. The molecule has 0 aromatic carbocycles. The molecule has 28 heavy (non-hydrogen) atoms. The summed E-state index contributed by atoms with van der Waals surface area (Å²) in [7, 11) is 0. The van der Waals surface area contributed by atoms with Gasteiger partial charge in [-0.15, -0.1) is 0 Å². The van der Waals surface area contributed by atoms with Crippen LogP contribution in [0.2, 0.25) is 0 Å². The van der Waals surface area contributed by atoms with Gasteiger partial charge < -0.3 is 10.6 Å². The minimum atomic E-state index is -0.385. The van der Waals surface area contributed by atoms with Crippen molar-refractivity contribution in [3.63, 3.8) is 0 Å². The average molecular weight is 382 g/mol. The molecule has 0 saturated carbocycles. The SMILES string of the molecule is CC(C)C[C@H]1CN(c2ccc(F)c(-c3[nH]nc4ncccc34)n2)C[C@@](C)(N)C1. The number of aromatic nitrogens is 4. The summed E-state index contributed by atoms with van der Waals surface area (Å²) in [6.07, 6.45) is 3.78. The van der Waals surface area contributed by atoms with Crippen LogP contribution in [0.5, 0.6) is 0 Å². The maximum absolute atomic E-state index is 14.7. The fourth-order valence-electron chi connectivity index (χ4n) is 4.41. The van der Waals surface area contributed by atoms with Crippen LogP contribution in [0.1, 0.15) is 33.6 Å². The van der Waals surface area contributed by atoms with Crippen LogP contribution >= 0.6 is 0 Å². The van der Waals surface area contributed by atoms with Crippen molar-refractivity contribution in [3.05, 3.63) is 36.3 Å². The molecule has 4 rings (SSSR count). The molecule has 6 nitrogen and oxygen atoms in total. The molecule has 0 amide bonds. The first-order valence-corrected chi connectivity index (χ1v) is 9.82. The molecule has 3 aromatic heterocycles. The van der Waals surface area contributed by atoms with Crippen LogP contribution in [-0.4, -0.2) is 38.8 Å². The number of halogens is 1. The number of H-pyrrole nitrogens is 1. The number of nitrogens with one attached hydrogen (secondary N) is 1. The highest BCUT2D eigenvalue weighted by Gasteiger charge is 2.34. The lowest BCUT2D eigenvalue weighted by Crippen LogP contribution is -2.55. The Labute approximate surface area is 164 Å². The van der Waals surface area contributed by atoms with Gasteiger partial charge >= 0.3 is 0 Å². The van der Waals surface area contributed by atoms with Crippen LogP contribution in [0.15, 0.2) is 30.5 Å². The first-order chi connectivity index (χ1) is 13.3. The zero-order valence-corrected chi connectivity index (χ0v) is 16.6. The zero-order valence-electron chi connectivity index (χ0n) is 16.6. The summed E-state index contributed by atoms with van der Waals surface area (Å²) >= 11 is 0. The van der Waals surface area contributed by atoms with Crippen molar-refractivity contribution in [2.75, 3.05) is 18.0 Å². The van der Waals surface area contributed by atoms with E-state index in [0.717, 1.165) is 30.6 Å². The van der Waals surface area contributed by atoms with Gasteiger partial charge in [0.15, 0.2) is 11.5 Å². The van der Waals surface area contributed by atoms with Gasteiger partial charge in [0.1, 0.15) is 11.5 Å².